The zero-order chi connectivity index (χ0) is 26.2. The van der Waals surface area contributed by atoms with Gasteiger partial charge in [-0.05, 0) is 29.7 Å². The highest BCUT2D eigenvalue weighted by atomic mass is 32.1. The van der Waals surface area contributed by atoms with E-state index < -0.39 is 0 Å². The van der Waals surface area contributed by atoms with Crippen LogP contribution in [-0.4, -0.2) is 14.5 Å². The topological polar surface area (TPSA) is 30.7 Å². The van der Waals surface area contributed by atoms with Crippen molar-refractivity contribution < 1.29 is 0 Å². The van der Waals surface area contributed by atoms with E-state index >= 15 is 0 Å². The molecule has 0 amide bonds. The van der Waals surface area contributed by atoms with Crippen molar-refractivity contribution in [3.05, 3.63) is 128 Å². The Labute approximate surface area is 233 Å². The summed E-state index contributed by atoms with van der Waals surface area (Å²) in [6.45, 7) is 0. The predicted molar refractivity (Wildman–Crippen MR) is 170 cm³/mol. The summed E-state index contributed by atoms with van der Waals surface area (Å²) in [5.74, 6) is 0.922. The van der Waals surface area contributed by atoms with Gasteiger partial charge >= 0.3 is 0 Å². The van der Waals surface area contributed by atoms with Gasteiger partial charge in [0.15, 0.2) is 0 Å². The molecule has 0 spiro atoms. The molecule has 9 rings (SSSR count). The van der Waals surface area contributed by atoms with Gasteiger partial charge in [-0.3, -0.25) is 9.55 Å². The van der Waals surface area contributed by atoms with Crippen LogP contribution < -0.4 is 0 Å². The molecule has 9 aromatic rings. The highest BCUT2D eigenvalue weighted by Crippen LogP contribution is 2.47. The highest BCUT2D eigenvalue weighted by molar-refractivity contribution is 7.27. The molecule has 4 aromatic heterocycles. The smallest absolute Gasteiger partial charge is 0.138 e. The normalized spacial score (nSPS) is 12.0. The van der Waals surface area contributed by atoms with Crippen molar-refractivity contribution >= 4 is 75.0 Å². The van der Waals surface area contributed by atoms with Gasteiger partial charge in [-0.25, -0.2) is 4.98 Å². The van der Waals surface area contributed by atoms with Crippen LogP contribution in [0.4, 0.5) is 0 Å². The summed E-state index contributed by atoms with van der Waals surface area (Å²) in [7, 11) is 0. The molecule has 0 fully saturated rings. The van der Waals surface area contributed by atoms with E-state index in [2.05, 4.69) is 126 Å². The number of fused-ring (bicyclic) bond motifs is 11. The Hall–Kier alpha value is -5.06. The van der Waals surface area contributed by atoms with Gasteiger partial charge in [0.05, 0.1) is 26.9 Å². The van der Waals surface area contributed by atoms with Crippen LogP contribution in [0.25, 0.3) is 80.7 Å². The lowest BCUT2D eigenvalue weighted by atomic mass is 10.0. The minimum absolute atomic E-state index is 0.922. The van der Waals surface area contributed by atoms with E-state index in [0.29, 0.717) is 0 Å². The van der Waals surface area contributed by atoms with Gasteiger partial charge in [0.1, 0.15) is 5.82 Å². The Balaban J connectivity index is 1.54. The molecule has 0 unspecified atom stereocenters. The number of pyridine rings is 2. The molecule has 0 saturated heterocycles. The van der Waals surface area contributed by atoms with Crippen molar-refractivity contribution in [3.63, 3.8) is 0 Å². The van der Waals surface area contributed by atoms with E-state index in [1.54, 1.807) is 0 Å². The standard InChI is InChI=1S/C36H21N3S/c1-2-11-22(12-3-1)33-24-14-5-4-13-23(24)21-30(38-33)39-28-18-8-6-15-25(28)31-27-17-10-20-37-34(27)32-26-16-7-9-19-29(26)40-36(32)35(31)39/h1-21H. The molecule has 0 radical (unpaired) electrons. The van der Waals surface area contributed by atoms with Crippen LogP contribution in [0.1, 0.15) is 0 Å². The maximum atomic E-state index is 5.41. The number of hydrogen-bond donors (Lipinski definition) is 0. The van der Waals surface area contributed by atoms with Crippen LogP contribution in [0.5, 0.6) is 0 Å². The van der Waals surface area contributed by atoms with Gasteiger partial charge in [-0.15, -0.1) is 11.3 Å². The zero-order valence-electron chi connectivity index (χ0n) is 21.4. The quantitative estimate of drug-likeness (QED) is 0.224. The number of rotatable bonds is 2. The highest BCUT2D eigenvalue weighted by Gasteiger charge is 2.23. The zero-order valence-corrected chi connectivity index (χ0v) is 22.2. The number of aromatic nitrogens is 3. The number of thiophene rings is 1. The fourth-order valence-electron chi connectivity index (χ4n) is 6.33. The van der Waals surface area contributed by atoms with Gasteiger partial charge in [-0.1, -0.05) is 97.1 Å². The van der Waals surface area contributed by atoms with Crippen LogP contribution >= 0.6 is 11.3 Å². The molecule has 5 aromatic carbocycles. The van der Waals surface area contributed by atoms with Crippen LogP contribution in [0.2, 0.25) is 0 Å². The van der Waals surface area contributed by atoms with Gasteiger partial charge < -0.3 is 0 Å². The van der Waals surface area contributed by atoms with Gasteiger partial charge in [0.25, 0.3) is 0 Å². The summed E-state index contributed by atoms with van der Waals surface area (Å²) in [4.78, 5) is 10.4. The Morgan fingerprint density at radius 1 is 0.600 bits per heavy atom. The van der Waals surface area contributed by atoms with Crippen LogP contribution in [0.15, 0.2) is 128 Å². The van der Waals surface area contributed by atoms with Crippen molar-refractivity contribution in [2.24, 2.45) is 0 Å². The third-order valence-electron chi connectivity index (χ3n) is 8.00. The molecule has 4 heteroatoms. The molecule has 0 aliphatic carbocycles. The van der Waals surface area contributed by atoms with Crippen molar-refractivity contribution in [2.45, 2.75) is 0 Å². The van der Waals surface area contributed by atoms with Crippen LogP contribution in [0, 0.1) is 0 Å². The first-order valence-corrected chi connectivity index (χ1v) is 14.3. The van der Waals surface area contributed by atoms with E-state index in [1.165, 1.54) is 47.2 Å². The van der Waals surface area contributed by atoms with Gasteiger partial charge in [0, 0.05) is 48.8 Å². The van der Waals surface area contributed by atoms with Gasteiger partial charge in [0.2, 0.25) is 0 Å². The second-order valence-corrected chi connectivity index (χ2v) is 11.2. The summed E-state index contributed by atoms with van der Waals surface area (Å²) < 4.78 is 4.90. The van der Waals surface area contributed by atoms with Crippen LogP contribution in [0.3, 0.4) is 0 Å². The fourth-order valence-corrected chi connectivity index (χ4v) is 7.58. The van der Waals surface area contributed by atoms with Crippen molar-refractivity contribution in [2.75, 3.05) is 0 Å². The number of hydrogen-bond acceptors (Lipinski definition) is 3. The second kappa shape index (κ2) is 8.22. The van der Waals surface area contributed by atoms with Crippen LogP contribution in [-0.2, 0) is 0 Å². The lowest BCUT2D eigenvalue weighted by molar-refractivity contribution is 1.10. The summed E-state index contributed by atoms with van der Waals surface area (Å²) in [6.07, 6.45) is 1.91. The molecule has 0 saturated carbocycles. The minimum Gasteiger partial charge on any atom is -0.292 e. The third-order valence-corrected chi connectivity index (χ3v) is 9.18. The Kier molecular flexibility index (Phi) is 4.48. The van der Waals surface area contributed by atoms with E-state index in [0.717, 1.165) is 33.5 Å². The average molecular weight is 528 g/mol. The monoisotopic (exact) mass is 527 g/mol. The first kappa shape index (κ1) is 21.8. The third kappa shape index (κ3) is 2.94. The average Bonchev–Trinajstić information content (AvgIpc) is 3.58. The fraction of sp³-hybridized carbons (Fsp3) is 0. The Morgan fingerprint density at radius 3 is 2.23 bits per heavy atom. The van der Waals surface area contributed by atoms with Crippen molar-refractivity contribution in [1.29, 1.82) is 0 Å². The Morgan fingerprint density at radius 2 is 1.32 bits per heavy atom. The summed E-state index contributed by atoms with van der Waals surface area (Å²) >= 11 is 1.85. The second-order valence-electron chi connectivity index (χ2n) is 10.2. The minimum atomic E-state index is 0.922. The summed E-state index contributed by atoms with van der Waals surface area (Å²) in [5, 5.41) is 8.41. The number of para-hydroxylation sites is 1. The molecule has 40 heavy (non-hydrogen) atoms. The van der Waals surface area contributed by atoms with E-state index in [1.807, 2.05) is 17.5 Å². The first-order valence-electron chi connectivity index (χ1n) is 13.4. The molecule has 0 aliphatic rings. The Bertz CT molecular complexity index is 2430. The largest absolute Gasteiger partial charge is 0.292 e. The molecule has 4 heterocycles. The maximum Gasteiger partial charge on any atom is 0.138 e. The lowest BCUT2D eigenvalue weighted by Gasteiger charge is -2.13. The molecule has 0 atom stereocenters. The maximum absolute atomic E-state index is 5.41. The summed E-state index contributed by atoms with van der Waals surface area (Å²) in [6, 6.07) is 43.0. The number of nitrogens with zero attached hydrogens (tertiary/aromatic N) is 3. The predicted octanol–water partition coefficient (Wildman–Crippen LogP) is 9.91. The van der Waals surface area contributed by atoms with E-state index in [9.17, 15) is 0 Å². The summed E-state index contributed by atoms with van der Waals surface area (Å²) in [5.41, 5.74) is 5.51. The number of benzene rings is 5. The molecular weight excluding hydrogens is 506 g/mol. The molecule has 3 nitrogen and oxygen atoms in total. The van der Waals surface area contributed by atoms with Crippen molar-refractivity contribution in [1.82, 2.24) is 14.5 Å². The molecule has 186 valence electrons. The SMILES string of the molecule is c1ccc(-c2nc(-n3c4ccccc4c4c5cccnc5c5c6ccccc6sc5c43)cc3ccccc23)cc1. The first-order chi connectivity index (χ1) is 19.9. The van der Waals surface area contributed by atoms with E-state index in [4.69, 9.17) is 9.97 Å². The molecule has 0 bridgehead atoms. The molecule has 0 N–H and O–H groups in total. The van der Waals surface area contributed by atoms with Crippen molar-refractivity contribution in [3.8, 4) is 17.1 Å². The molecule has 0 aliphatic heterocycles. The molecular formula is C36H21N3S. The van der Waals surface area contributed by atoms with E-state index in [-0.39, 0.29) is 0 Å². The van der Waals surface area contributed by atoms with Gasteiger partial charge in [-0.2, -0.15) is 0 Å². The lowest BCUT2D eigenvalue weighted by Crippen LogP contribution is -2.00.